The van der Waals surface area contributed by atoms with Crippen LogP contribution in [0.25, 0.3) is 0 Å². The summed E-state index contributed by atoms with van der Waals surface area (Å²) >= 11 is 3.17. The number of primary amides is 1. The van der Waals surface area contributed by atoms with E-state index in [2.05, 4.69) is 27.8 Å². The Balaban J connectivity index is 3.06. The van der Waals surface area contributed by atoms with E-state index >= 15 is 0 Å². The SMILES string of the molecule is C=C(Br)CNCCC(N)=O. The van der Waals surface area contributed by atoms with E-state index in [0.717, 1.165) is 4.48 Å². The van der Waals surface area contributed by atoms with Crippen molar-refractivity contribution in [1.82, 2.24) is 5.32 Å². The molecule has 0 aliphatic carbocycles. The summed E-state index contributed by atoms with van der Waals surface area (Å²) in [6.07, 6.45) is 0.375. The summed E-state index contributed by atoms with van der Waals surface area (Å²) < 4.78 is 0.872. The van der Waals surface area contributed by atoms with Crippen molar-refractivity contribution in [2.24, 2.45) is 5.73 Å². The second-order valence-corrected chi connectivity index (χ2v) is 3.03. The van der Waals surface area contributed by atoms with Crippen LogP contribution in [-0.4, -0.2) is 19.0 Å². The molecule has 0 bridgehead atoms. The summed E-state index contributed by atoms with van der Waals surface area (Å²) in [6, 6.07) is 0. The average molecular weight is 207 g/mol. The molecule has 0 atom stereocenters. The average Bonchev–Trinajstić information content (AvgIpc) is 1.79. The summed E-state index contributed by atoms with van der Waals surface area (Å²) in [6.45, 7) is 4.89. The van der Waals surface area contributed by atoms with Crippen LogP contribution >= 0.6 is 15.9 Å². The van der Waals surface area contributed by atoms with Gasteiger partial charge in [0.2, 0.25) is 5.91 Å². The molecule has 0 aromatic heterocycles. The Labute approximate surface area is 68.8 Å². The first-order valence-corrected chi connectivity index (χ1v) is 3.74. The molecule has 3 nitrogen and oxygen atoms in total. The molecule has 58 valence electrons. The van der Waals surface area contributed by atoms with Crippen molar-refractivity contribution in [2.75, 3.05) is 13.1 Å². The molecule has 0 aliphatic heterocycles. The number of nitrogens with two attached hydrogens (primary N) is 1. The molecule has 0 aliphatic rings. The van der Waals surface area contributed by atoms with Crippen molar-refractivity contribution in [3.63, 3.8) is 0 Å². The van der Waals surface area contributed by atoms with E-state index in [0.29, 0.717) is 19.5 Å². The molecule has 0 aromatic carbocycles. The van der Waals surface area contributed by atoms with Gasteiger partial charge in [-0.15, -0.1) is 0 Å². The molecule has 1 amide bonds. The summed E-state index contributed by atoms with van der Waals surface area (Å²) in [7, 11) is 0. The molecule has 10 heavy (non-hydrogen) atoms. The molecule has 0 spiro atoms. The molecule has 0 fully saturated rings. The zero-order valence-corrected chi connectivity index (χ0v) is 7.28. The van der Waals surface area contributed by atoms with Crippen LogP contribution in [0.2, 0.25) is 0 Å². The van der Waals surface area contributed by atoms with Gasteiger partial charge in [-0.05, 0) is 0 Å². The Kier molecular flexibility index (Phi) is 5.25. The van der Waals surface area contributed by atoms with Crippen molar-refractivity contribution >= 4 is 21.8 Å². The molecule has 0 unspecified atom stereocenters. The number of hydrogen-bond donors (Lipinski definition) is 2. The van der Waals surface area contributed by atoms with Gasteiger partial charge in [0.05, 0.1) is 0 Å². The van der Waals surface area contributed by atoms with Crippen LogP contribution in [-0.2, 0) is 4.79 Å². The van der Waals surface area contributed by atoms with Crippen LogP contribution in [0.15, 0.2) is 11.1 Å². The molecule has 0 rings (SSSR count). The maximum absolute atomic E-state index is 10.2. The number of rotatable bonds is 5. The lowest BCUT2D eigenvalue weighted by molar-refractivity contribution is -0.117. The lowest BCUT2D eigenvalue weighted by Crippen LogP contribution is -2.22. The van der Waals surface area contributed by atoms with Gasteiger partial charge in [0.25, 0.3) is 0 Å². The number of halogens is 1. The van der Waals surface area contributed by atoms with Gasteiger partial charge in [-0.3, -0.25) is 4.79 Å². The molecule has 0 heterocycles. The lowest BCUT2D eigenvalue weighted by Gasteiger charge is -1.99. The highest BCUT2D eigenvalue weighted by atomic mass is 79.9. The Bertz CT molecular complexity index is 120. The van der Waals surface area contributed by atoms with E-state index in [1.807, 2.05) is 0 Å². The first-order chi connectivity index (χ1) is 4.63. The van der Waals surface area contributed by atoms with Gasteiger partial charge in [-0.2, -0.15) is 0 Å². The van der Waals surface area contributed by atoms with E-state index in [4.69, 9.17) is 5.73 Å². The lowest BCUT2D eigenvalue weighted by atomic mass is 10.4. The summed E-state index contributed by atoms with van der Waals surface area (Å²) in [5.41, 5.74) is 4.90. The van der Waals surface area contributed by atoms with Gasteiger partial charge in [-0.1, -0.05) is 22.5 Å². The summed E-state index contributed by atoms with van der Waals surface area (Å²) in [5.74, 6) is -0.285. The smallest absolute Gasteiger partial charge is 0.218 e. The Morgan fingerprint density at radius 3 is 2.70 bits per heavy atom. The predicted octanol–water partition coefficient (Wildman–Crippen LogP) is 0.360. The van der Waals surface area contributed by atoms with Crippen LogP contribution in [0.3, 0.4) is 0 Å². The molecular formula is C6H11BrN2O. The van der Waals surface area contributed by atoms with Crippen molar-refractivity contribution in [3.8, 4) is 0 Å². The first-order valence-electron chi connectivity index (χ1n) is 2.95. The van der Waals surface area contributed by atoms with Crippen molar-refractivity contribution in [3.05, 3.63) is 11.1 Å². The highest BCUT2D eigenvalue weighted by molar-refractivity contribution is 9.11. The minimum Gasteiger partial charge on any atom is -0.370 e. The number of nitrogens with one attached hydrogen (secondary N) is 1. The Hall–Kier alpha value is -0.350. The van der Waals surface area contributed by atoms with Crippen LogP contribution in [0.1, 0.15) is 6.42 Å². The summed E-state index contributed by atoms with van der Waals surface area (Å²) in [5, 5.41) is 2.97. The van der Waals surface area contributed by atoms with Crippen LogP contribution < -0.4 is 11.1 Å². The van der Waals surface area contributed by atoms with E-state index in [-0.39, 0.29) is 5.91 Å². The van der Waals surface area contributed by atoms with Gasteiger partial charge in [-0.25, -0.2) is 0 Å². The number of carbonyl (C=O) groups is 1. The van der Waals surface area contributed by atoms with Crippen molar-refractivity contribution in [2.45, 2.75) is 6.42 Å². The van der Waals surface area contributed by atoms with Crippen LogP contribution in [0, 0.1) is 0 Å². The molecule has 0 saturated heterocycles. The monoisotopic (exact) mass is 206 g/mol. The fourth-order valence-electron chi connectivity index (χ4n) is 0.436. The van der Waals surface area contributed by atoms with E-state index in [9.17, 15) is 4.79 Å². The van der Waals surface area contributed by atoms with Gasteiger partial charge in [0, 0.05) is 24.0 Å². The molecule has 4 heteroatoms. The zero-order valence-electron chi connectivity index (χ0n) is 5.69. The normalized spacial score (nSPS) is 9.30. The number of amides is 1. The largest absolute Gasteiger partial charge is 0.370 e. The predicted molar refractivity (Wildman–Crippen MR) is 44.7 cm³/mol. The third-order valence-corrected chi connectivity index (χ3v) is 1.15. The van der Waals surface area contributed by atoms with Gasteiger partial charge >= 0.3 is 0 Å². The Morgan fingerprint density at radius 2 is 2.30 bits per heavy atom. The standard InChI is InChI=1S/C6H11BrN2O/c1-5(7)4-9-3-2-6(8)10/h9H,1-4H2,(H2,8,10). The highest BCUT2D eigenvalue weighted by Crippen LogP contribution is 1.95. The molecular weight excluding hydrogens is 196 g/mol. The van der Waals surface area contributed by atoms with Crippen molar-refractivity contribution in [1.29, 1.82) is 0 Å². The fraction of sp³-hybridized carbons (Fsp3) is 0.500. The van der Waals surface area contributed by atoms with Crippen LogP contribution in [0.5, 0.6) is 0 Å². The third kappa shape index (κ3) is 7.65. The number of carbonyl (C=O) groups excluding carboxylic acids is 1. The molecule has 3 N–H and O–H groups in total. The van der Waals surface area contributed by atoms with Gasteiger partial charge in [0.15, 0.2) is 0 Å². The third-order valence-electron chi connectivity index (χ3n) is 0.865. The van der Waals surface area contributed by atoms with Crippen LogP contribution in [0.4, 0.5) is 0 Å². The molecule has 0 aromatic rings. The molecule has 0 saturated carbocycles. The van der Waals surface area contributed by atoms with Crippen molar-refractivity contribution < 1.29 is 4.79 Å². The fourth-order valence-corrected chi connectivity index (χ4v) is 0.634. The maximum Gasteiger partial charge on any atom is 0.218 e. The second-order valence-electron chi connectivity index (χ2n) is 1.91. The molecule has 0 radical (unpaired) electrons. The summed E-state index contributed by atoms with van der Waals surface area (Å²) in [4.78, 5) is 10.2. The zero-order chi connectivity index (χ0) is 7.98. The van der Waals surface area contributed by atoms with E-state index < -0.39 is 0 Å². The number of hydrogen-bond acceptors (Lipinski definition) is 2. The van der Waals surface area contributed by atoms with E-state index in [1.165, 1.54) is 0 Å². The Morgan fingerprint density at radius 1 is 1.70 bits per heavy atom. The van der Waals surface area contributed by atoms with Gasteiger partial charge < -0.3 is 11.1 Å². The van der Waals surface area contributed by atoms with Gasteiger partial charge in [0.1, 0.15) is 0 Å². The minimum atomic E-state index is -0.285. The minimum absolute atomic E-state index is 0.285. The quantitative estimate of drug-likeness (QED) is 0.639. The van der Waals surface area contributed by atoms with E-state index in [1.54, 1.807) is 0 Å². The maximum atomic E-state index is 10.2. The topological polar surface area (TPSA) is 55.1 Å². The first kappa shape index (κ1) is 9.65. The highest BCUT2D eigenvalue weighted by Gasteiger charge is 1.92. The second kappa shape index (κ2) is 5.44.